The molecule has 1 aromatic carbocycles. The van der Waals surface area contributed by atoms with Crippen molar-refractivity contribution in [2.24, 2.45) is 0 Å². The van der Waals surface area contributed by atoms with Crippen molar-refractivity contribution < 1.29 is 14.3 Å². The second-order valence-corrected chi connectivity index (χ2v) is 4.55. The predicted molar refractivity (Wildman–Crippen MR) is 75.2 cm³/mol. The van der Waals surface area contributed by atoms with Crippen molar-refractivity contribution in [3.63, 3.8) is 0 Å². The number of nitrogens with zero attached hydrogens (tertiary/aromatic N) is 4. The van der Waals surface area contributed by atoms with E-state index in [-0.39, 0.29) is 12.5 Å². The molecule has 1 amide bonds. The quantitative estimate of drug-likeness (QED) is 0.719. The molecule has 0 saturated carbocycles. The number of amides is 1. The Bertz CT molecular complexity index is 740. The van der Waals surface area contributed by atoms with E-state index in [2.05, 4.69) is 20.8 Å². The fourth-order valence-corrected chi connectivity index (χ4v) is 1.94. The lowest BCUT2D eigenvalue weighted by molar-refractivity contribution is 0.0901. The first-order valence-electron chi connectivity index (χ1n) is 6.57. The molecule has 1 atom stereocenters. The minimum atomic E-state index is -0.887. The Labute approximate surface area is 125 Å². The van der Waals surface area contributed by atoms with Crippen molar-refractivity contribution in [1.29, 1.82) is 0 Å². The summed E-state index contributed by atoms with van der Waals surface area (Å²) in [4.78, 5) is 12.1. The highest BCUT2D eigenvalue weighted by molar-refractivity contribution is 5.94. The molecule has 0 radical (unpaired) electrons. The Morgan fingerprint density at radius 2 is 2.27 bits per heavy atom. The molecule has 2 N–H and O–H groups in total. The summed E-state index contributed by atoms with van der Waals surface area (Å²) in [7, 11) is 0. The van der Waals surface area contributed by atoms with Crippen LogP contribution in [0.3, 0.4) is 0 Å². The van der Waals surface area contributed by atoms with Gasteiger partial charge in [0.25, 0.3) is 5.91 Å². The Hall–Kier alpha value is -3.00. The molecule has 112 valence electrons. The number of carbonyl (C=O) groups excluding carboxylic acids is 1. The summed E-state index contributed by atoms with van der Waals surface area (Å²) < 4.78 is 6.53. The Kier molecular flexibility index (Phi) is 3.92. The van der Waals surface area contributed by atoms with Crippen molar-refractivity contribution in [1.82, 2.24) is 25.5 Å². The zero-order chi connectivity index (χ0) is 15.4. The number of furan rings is 1. The largest absolute Gasteiger partial charge is 0.467 e. The van der Waals surface area contributed by atoms with Gasteiger partial charge in [-0.1, -0.05) is 6.07 Å². The SMILES string of the molecule is O=C(NCC(O)c1ccco1)c1cccc(-n2cnnn2)c1. The van der Waals surface area contributed by atoms with Crippen LogP contribution >= 0.6 is 0 Å². The number of hydrogen-bond acceptors (Lipinski definition) is 6. The molecule has 0 aliphatic carbocycles. The van der Waals surface area contributed by atoms with Gasteiger partial charge in [-0.05, 0) is 40.8 Å². The minimum Gasteiger partial charge on any atom is -0.467 e. The van der Waals surface area contributed by atoms with Crippen LogP contribution in [0.25, 0.3) is 5.69 Å². The third-order valence-corrected chi connectivity index (χ3v) is 3.05. The van der Waals surface area contributed by atoms with Crippen LogP contribution in [0, 0.1) is 0 Å². The van der Waals surface area contributed by atoms with Gasteiger partial charge in [-0.2, -0.15) is 0 Å². The molecule has 2 aromatic heterocycles. The van der Waals surface area contributed by atoms with E-state index in [9.17, 15) is 9.90 Å². The summed E-state index contributed by atoms with van der Waals surface area (Å²) in [5.74, 6) is 0.100. The molecule has 3 aromatic rings. The topological polar surface area (TPSA) is 106 Å². The van der Waals surface area contributed by atoms with Crippen LogP contribution in [0.1, 0.15) is 22.2 Å². The van der Waals surface area contributed by atoms with Gasteiger partial charge in [-0.3, -0.25) is 4.79 Å². The standard InChI is InChI=1S/C14H13N5O3/c20-12(13-5-2-6-22-13)8-15-14(21)10-3-1-4-11(7-10)19-9-16-17-18-19/h1-7,9,12,20H,8H2,(H,15,21). The Morgan fingerprint density at radius 1 is 1.36 bits per heavy atom. The van der Waals surface area contributed by atoms with E-state index in [0.717, 1.165) is 0 Å². The van der Waals surface area contributed by atoms with Crippen molar-refractivity contribution >= 4 is 5.91 Å². The van der Waals surface area contributed by atoms with Crippen LogP contribution in [0.5, 0.6) is 0 Å². The number of carbonyl (C=O) groups is 1. The maximum Gasteiger partial charge on any atom is 0.251 e. The Morgan fingerprint density at radius 3 is 3.00 bits per heavy atom. The first kappa shape index (κ1) is 14.0. The van der Waals surface area contributed by atoms with Crippen LogP contribution in [0.2, 0.25) is 0 Å². The van der Waals surface area contributed by atoms with Crippen LogP contribution in [0.15, 0.2) is 53.4 Å². The van der Waals surface area contributed by atoms with Crippen molar-refractivity contribution in [2.45, 2.75) is 6.10 Å². The molecule has 3 rings (SSSR count). The molecule has 0 bridgehead atoms. The molecular formula is C14H13N5O3. The summed E-state index contributed by atoms with van der Waals surface area (Å²) >= 11 is 0. The molecule has 2 heterocycles. The smallest absolute Gasteiger partial charge is 0.251 e. The summed E-state index contributed by atoms with van der Waals surface area (Å²) in [5.41, 5.74) is 1.11. The van der Waals surface area contributed by atoms with Crippen molar-refractivity contribution in [2.75, 3.05) is 6.54 Å². The van der Waals surface area contributed by atoms with Gasteiger partial charge in [0.1, 0.15) is 18.2 Å². The van der Waals surface area contributed by atoms with E-state index < -0.39 is 6.10 Å². The molecule has 8 nitrogen and oxygen atoms in total. The summed E-state index contributed by atoms with van der Waals surface area (Å²) in [6, 6.07) is 10.2. The van der Waals surface area contributed by atoms with E-state index >= 15 is 0 Å². The Balaban J connectivity index is 1.66. The van der Waals surface area contributed by atoms with E-state index in [1.165, 1.54) is 17.3 Å². The van der Waals surface area contributed by atoms with Crippen molar-refractivity contribution in [3.8, 4) is 5.69 Å². The van der Waals surface area contributed by atoms with E-state index in [1.54, 1.807) is 36.4 Å². The molecule has 1 unspecified atom stereocenters. The average molecular weight is 299 g/mol. The number of hydrogen-bond donors (Lipinski definition) is 2. The monoisotopic (exact) mass is 299 g/mol. The van der Waals surface area contributed by atoms with Gasteiger partial charge in [0.15, 0.2) is 0 Å². The highest BCUT2D eigenvalue weighted by atomic mass is 16.4. The number of nitrogens with one attached hydrogen (secondary N) is 1. The highest BCUT2D eigenvalue weighted by Crippen LogP contribution is 2.12. The highest BCUT2D eigenvalue weighted by Gasteiger charge is 2.13. The molecule has 0 spiro atoms. The van der Waals surface area contributed by atoms with Gasteiger partial charge in [0.2, 0.25) is 0 Å². The van der Waals surface area contributed by atoms with Crippen LogP contribution in [-0.2, 0) is 0 Å². The van der Waals surface area contributed by atoms with Crippen LogP contribution in [0.4, 0.5) is 0 Å². The zero-order valence-electron chi connectivity index (χ0n) is 11.5. The summed E-state index contributed by atoms with van der Waals surface area (Å²) in [5, 5.41) is 23.4. The number of tetrazole rings is 1. The molecule has 8 heteroatoms. The first-order chi connectivity index (χ1) is 10.7. The van der Waals surface area contributed by atoms with Gasteiger partial charge in [-0.25, -0.2) is 4.68 Å². The lowest BCUT2D eigenvalue weighted by Gasteiger charge is -2.10. The van der Waals surface area contributed by atoms with E-state index in [1.807, 2.05) is 0 Å². The molecule has 0 fully saturated rings. The lowest BCUT2D eigenvalue weighted by atomic mass is 10.2. The van der Waals surface area contributed by atoms with Crippen LogP contribution in [-0.4, -0.2) is 37.8 Å². The number of aromatic nitrogens is 4. The van der Waals surface area contributed by atoms with Gasteiger partial charge in [0.05, 0.1) is 18.5 Å². The minimum absolute atomic E-state index is 0.0570. The fourth-order valence-electron chi connectivity index (χ4n) is 1.94. The predicted octanol–water partition coefficient (Wildman–Crippen LogP) is 0.719. The summed E-state index contributed by atoms with van der Waals surface area (Å²) in [6.07, 6.45) is 2.02. The number of benzene rings is 1. The van der Waals surface area contributed by atoms with Crippen LogP contribution < -0.4 is 5.32 Å². The second kappa shape index (κ2) is 6.19. The number of rotatable bonds is 5. The van der Waals surface area contributed by atoms with E-state index in [0.29, 0.717) is 17.0 Å². The maximum atomic E-state index is 12.1. The van der Waals surface area contributed by atoms with Gasteiger partial charge in [0, 0.05) is 5.56 Å². The van der Waals surface area contributed by atoms with Gasteiger partial charge < -0.3 is 14.8 Å². The summed E-state index contributed by atoms with van der Waals surface area (Å²) in [6.45, 7) is 0.0570. The molecule has 0 aliphatic rings. The van der Waals surface area contributed by atoms with Crippen molar-refractivity contribution in [3.05, 3.63) is 60.3 Å². The molecule has 0 aliphatic heterocycles. The van der Waals surface area contributed by atoms with Gasteiger partial charge >= 0.3 is 0 Å². The normalized spacial score (nSPS) is 12.0. The second-order valence-electron chi connectivity index (χ2n) is 4.55. The molecule has 0 saturated heterocycles. The third kappa shape index (κ3) is 3.01. The average Bonchev–Trinajstić information content (AvgIpc) is 3.25. The van der Waals surface area contributed by atoms with E-state index in [4.69, 9.17) is 4.42 Å². The first-order valence-corrected chi connectivity index (χ1v) is 6.57. The lowest BCUT2D eigenvalue weighted by Crippen LogP contribution is -2.28. The molecule has 22 heavy (non-hydrogen) atoms. The molecular weight excluding hydrogens is 286 g/mol. The third-order valence-electron chi connectivity index (χ3n) is 3.05. The maximum absolute atomic E-state index is 12.1. The number of aliphatic hydroxyl groups is 1. The van der Waals surface area contributed by atoms with Gasteiger partial charge in [-0.15, -0.1) is 5.10 Å². The number of aliphatic hydroxyl groups excluding tert-OH is 1. The zero-order valence-corrected chi connectivity index (χ0v) is 11.5. The fraction of sp³-hybridized carbons (Fsp3) is 0.143.